The number of carbonyl (C=O) groups is 2. The highest BCUT2D eigenvalue weighted by molar-refractivity contribution is 5.95. The lowest BCUT2D eigenvalue weighted by molar-refractivity contribution is -0.127. The second kappa shape index (κ2) is 9.49. The summed E-state index contributed by atoms with van der Waals surface area (Å²) in [6.45, 7) is 2.58. The van der Waals surface area contributed by atoms with Crippen molar-refractivity contribution in [2.24, 2.45) is 0 Å². The standard InChI is InChI=1S/C24H23FN4O2/c25-20-7-9-21(10-8-20)27-22(30)17-28-13-15-29(16-14-28)23(31)11-6-19-4-1-3-18-5-2-12-26-24(18)19/h1-12H,13-17H2,(H,27,30)/b11-6+. The molecule has 6 nitrogen and oxygen atoms in total. The number of nitrogens with zero attached hydrogens (tertiary/aromatic N) is 3. The van der Waals surface area contributed by atoms with Crippen LogP contribution in [0.2, 0.25) is 0 Å². The van der Waals surface area contributed by atoms with Crippen molar-refractivity contribution >= 4 is 34.5 Å². The number of amides is 2. The van der Waals surface area contributed by atoms with Crippen molar-refractivity contribution in [2.45, 2.75) is 0 Å². The summed E-state index contributed by atoms with van der Waals surface area (Å²) in [6, 6.07) is 15.4. The minimum absolute atomic E-state index is 0.0525. The number of anilines is 1. The largest absolute Gasteiger partial charge is 0.337 e. The first-order chi connectivity index (χ1) is 15.1. The molecule has 158 valence electrons. The Labute approximate surface area is 180 Å². The van der Waals surface area contributed by atoms with Crippen LogP contribution in [0.5, 0.6) is 0 Å². The lowest BCUT2D eigenvalue weighted by Crippen LogP contribution is -2.50. The molecule has 0 atom stereocenters. The van der Waals surface area contributed by atoms with Gasteiger partial charge in [-0.15, -0.1) is 0 Å². The normalized spacial score (nSPS) is 14.8. The van der Waals surface area contributed by atoms with Crippen LogP contribution in [0.25, 0.3) is 17.0 Å². The van der Waals surface area contributed by atoms with Crippen molar-refractivity contribution in [3.63, 3.8) is 0 Å². The van der Waals surface area contributed by atoms with Crippen LogP contribution in [0, 0.1) is 5.82 Å². The molecule has 4 rings (SSSR count). The zero-order chi connectivity index (χ0) is 21.6. The predicted molar refractivity (Wildman–Crippen MR) is 119 cm³/mol. The van der Waals surface area contributed by atoms with Gasteiger partial charge in [-0.2, -0.15) is 0 Å². The molecule has 2 amide bonds. The molecule has 1 fully saturated rings. The first-order valence-electron chi connectivity index (χ1n) is 10.2. The maximum atomic E-state index is 13.0. The van der Waals surface area contributed by atoms with Crippen LogP contribution in [0.4, 0.5) is 10.1 Å². The smallest absolute Gasteiger partial charge is 0.246 e. The number of nitrogens with one attached hydrogen (secondary N) is 1. The summed E-state index contributed by atoms with van der Waals surface area (Å²) in [5.41, 5.74) is 2.34. The summed E-state index contributed by atoms with van der Waals surface area (Å²) >= 11 is 0. The molecule has 0 saturated carbocycles. The molecule has 1 aliphatic rings. The highest BCUT2D eigenvalue weighted by atomic mass is 19.1. The van der Waals surface area contributed by atoms with E-state index in [0.29, 0.717) is 31.9 Å². The monoisotopic (exact) mass is 418 g/mol. The molecule has 0 aliphatic carbocycles. The zero-order valence-electron chi connectivity index (χ0n) is 17.0. The van der Waals surface area contributed by atoms with Gasteiger partial charge in [-0.25, -0.2) is 4.39 Å². The number of aromatic nitrogens is 1. The molecule has 31 heavy (non-hydrogen) atoms. The first-order valence-corrected chi connectivity index (χ1v) is 10.2. The lowest BCUT2D eigenvalue weighted by Gasteiger charge is -2.33. The molecule has 0 radical (unpaired) electrons. The number of hydrogen-bond donors (Lipinski definition) is 1. The van der Waals surface area contributed by atoms with Crippen LogP contribution in [0.1, 0.15) is 5.56 Å². The van der Waals surface area contributed by atoms with Crippen molar-refractivity contribution in [3.05, 3.63) is 78.3 Å². The summed E-state index contributed by atoms with van der Waals surface area (Å²) in [6.07, 6.45) is 5.13. The third-order valence-electron chi connectivity index (χ3n) is 5.25. The van der Waals surface area contributed by atoms with Crippen LogP contribution < -0.4 is 5.32 Å². The Balaban J connectivity index is 1.28. The average molecular weight is 418 g/mol. The number of pyridine rings is 1. The third kappa shape index (κ3) is 5.32. The van der Waals surface area contributed by atoms with E-state index in [0.717, 1.165) is 16.5 Å². The number of carbonyl (C=O) groups excluding carboxylic acids is 2. The highest BCUT2D eigenvalue weighted by Gasteiger charge is 2.21. The Morgan fingerprint density at radius 1 is 1.00 bits per heavy atom. The van der Waals surface area contributed by atoms with Gasteiger partial charge in [0.1, 0.15) is 5.82 Å². The summed E-state index contributed by atoms with van der Waals surface area (Å²) < 4.78 is 13.0. The molecule has 0 bridgehead atoms. The van der Waals surface area contributed by atoms with E-state index in [1.54, 1.807) is 23.2 Å². The summed E-state index contributed by atoms with van der Waals surface area (Å²) in [5, 5.41) is 3.79. The Morgan fingerprint density at radius 2 is 1.74 bits per heavy atom. The number of halogens is 1. The number of piperazine rings is 1. The van der Waals surface area contributed by atoms with Crippen molar-refractivity contribution in [1.29, 1.82) is 0 Å². The Kier molecular flexibility index (Phi) is 6.33. The van der Waals surface area contributed by atoms with Gasteiger partial charge in [0.15, 0.2) is 0 Å². The van der Waals surface area contributed by atoms with Gasteiger partial charge in [0.25, 0.3) is 0 Å². The van der Waals surface area contributed by atoms with Gasteiger partial charge in [-0.05, 0) is 36.4 Å². The summed E-state index contributed by atoms with van der Waals surface area (Å²) in [5.74, 6) is -0.553. The summed E-state index contributed by atoms with van der Waals surface area (Å²) in [4.78, 5) is 33.0. The molecule has 7 heteroatoms. The molecular formula is C24H23FN4O2. The lowest BCUT2D eigenvalue weighted by atomic mass is 10.1. The number of fused-ring (bicyclic) bond motifs is 1. The Hall–Kier alpha value is -3.58. The fourth-order valence-electron chi connectivity index (χ4n) is 3.59. The number of rotatable bonds is 5. The van der Waals surface area contributed by atoms with E-state index in [4.69, 9.17) is 0 Å². The number of hydrogen-bond acceptors (Lipinski definition) is 4. The molecule has 1 saturated heterocycles. The minimum atomic E-state index is -0.343. The van der Waals surface area contributed by atoms with Gasteiger partial charge in [0.2, 0.25) is 11.8 Å². The Bertz CT molecular complexity index is 1100. The van der Waals surface area contributed by atoms with Crippen LogP contribution >= 0.6 is 0 Å². The van der Waals surface area contributed by atoms with E-state index in [1.165, 1.54) is 24.3 Å². The van der Waals surface area contributed by atoms with Gasteiger partial charge >= 0.3 is 0 Å². The van der Waals surface area contributed by atoms with Gasteiger partial charge in [-0.3, -0.25) is 19.5 Å². The van der Waals surface area contributed by atoms with E-state index in [1.807, 2.05) is 35.2 Å². The molecule has 0 spiro atoms. The van der Waals surface area contributed by atoms with E-state index in [9.17, 15) is 14.0 Å². The molecule has 2 heterocycles. The van der Waals surface area contributed by atoms with Gasteiger partial charge < -0.3 is 10.2 Å². The fraction of sp³-hybridized carbons (Fsp3) is 0.208. The van der Waals surface area contributed by atoms with Crippen molar-refractivity contribution in [2.75, 3.05) is 38.0 Å². The molecule has 0 unspecified atom stereocenters. The van der Waals surface area contributed by atoms with Crippen molar-refractivity contribution in [1.82, 2.24) is 14.8 Å². The molecule has 1 aromatic heterocycles. The molecular weight excluding hydrogens is 395 g/mol. The second-order valence-electron chi connectivity index (χ2n) is 7.41. The molecule has 2 aromatic carbocycles. The van der Waals surface area contributed by atoms with Crippen LogP contribution in [0.15, 0.2) is 66.9 Å². The highest BCUT2D eigenvalue weighted by Crippen LogP contribution is 2.17. The Morgan fingerprint density at radius 3 is 2.52 bits per heavy atom. The molecule has 1 N–H and O–H groups in total. The zero-order valence-corrected chi connectivity index (χ0v) is 17.0. The van der Waals surface area contributed by atoms with Crippen molar-refractivity contribution < 1.29 is 14.0 Å². The van der Waals surface area contributed by atoms with E-state index in [-0.39, 0.29) is 24.2 Å². The van der Waals surface area contributed by atoms with Gasteiger partial charge in [0, 0.05) is 55.1 Å². The third-order valence-corrected chi connectivity index (χ3v) is 5.25. The van der Waals surface area contributed by atoms with E-state index in [2.05, 4.69) is 10.3 Å². The van der Waals surface area contributed by atoms with Crippen molar-refractivity contribution in [3.8, 4) is 0 Å². The van der Waals surface area contributed by atoms with E-state index < -0.39 is 0 Å². The maximum absolute atomic E-state index is 13.0. The topological polar surface area (TPSA) is 65.5 Å². The number of para-hydroxylation sites is 1. The molecule has 1 aliphatic heterocycles. The average Bonchev–Trinajstić information content (AvgIpc) is 2.79. The molecule has 3 aromatic rings. The van der Waals surface area contributed by atoms with Crippen LogP contribution in [0.3, 0.4) is 0 Å². The first kappa shape index (κ1) is 20.7. The van der Waals surface area contributed by atoms with Crippen LogP contribution in [-0.4, -0.2) is 59.3 Å². The summed E-state index contributed by atoms with van der Waals surface area (Å²) in [7, 11) is 0. The van der Waals surface area contributed by atoms with Gasteiger partial charge in [-0.1, -0.05) is 24.3 Å². The SMILES string of the molecule is O=C(CN1CCN(C(=O)/C=C/c2cccc3cccnc23)CC1)Nc1ccc(F)cc1. The quantitative estimate of drug-likeness (QED) is 0.647. The predicted octanol–water partition coefficient (Wildman–Crippen LogP) is 3.17. The fourth-order valence-corrected chi connectivity index (χ4v) is 3.59. The van der Waals surface area contributed by atoms with E-state index >= 15 is 0 Å². The number of benzene rings is 2. The van der Waals surface area contributed by atoms with Crippen LogP contribution in [-0.2, 0) is 9.59 Å². The van der Waals surface area contributed by atoms with Gasteiger partial charge in [0.05, 0.1) is 12.1 Å². The second-order valence-corrected chi connectivity index (χ2v) is 7.41. The minimum Gasteiger partial charge on any atom is -0.337 e. The maximum Gasteiger partial charge on any atom is 0.246 e.